The van der Waals surface area contributed by atoms with Crippen LogP contribution in [0.4, 0.5) is 0 Å². The lowest BCUT2D eigenvalue weighted by Gasteiger charge is -2.61. The van der Waals surface area contributed by atoms with E-state index in [0.29, 0.717) is 122 Å². The normalized spacial score (nSPS) is 43.2. The van der Waals surface area contributed by atoms with E-state index in [0.717, 1.165) is 170 Å². The minimum Gasteiger partial charge on any atom is -0.478 e. The molecule has 16 saturated carbocycles. The van der Waals surface area contributed by atoms with Gasteiger partial charge in [0, 0.05) is 55.5 Å². The topological polar surface area (TPSA) is 350 Å². The van der Waals surface area contributed by atoms with Gasteiger partial charge in [0.1, 0.15) is 5.78 Å². The number of Topliss-reactive ketones (excluding diaryl/α,β-unsaturated/α-hetero) is 4. The second-order valence-electron chi connectivity index (χ2n) is 49.7. The van der Waals surface area contributed by atoms with Crippen molar-refractivity contribution in [1.82, 2.24) is 44.9 Å². The van der Waals surface area contributed by atoms with Crippen molar-refractivity contribution in [3.8, 4) is 0 Å². The highest BCUT2D eigenvalue weighted by atomic mass is 79.9. The summed E-state index contributed by atoms with van der Waals surface area (Å²) in [6.45, 7) is 32.7. The Morgan fingerprint density at radius 1 is 0.368 bits per heavy atom. The zero-order valence-corrected chi connectivity index (χ0v) is 85.3. The maximum atomic E-state index is 13.5. The number of nitrogens with zero attached hydrogens (tertiary/aromatic N) is 7. The van der Waals surface area contributed by atoms with Gasteiger partial charge in [-0.2, -0.15) is 20.4 Å². The number of nitrogens with one attached hydrogen (secondary N) is 2. The maximum absolute atomic E-state index is 13.5. The molecule has 7 N–H and O–H groups in total. The number of H-pyrrole nitrogens is 1. The van der Waals surface area contributed by atoms with Gasteiger partial charge in [0.05, 0.1) is 108 Å². The number of carbonyl (C=O) groups is 8. The van der Waals surface area contributed by atoms with Gasteiger partial charge in [-0.1, -0.05) is 86.2 Å². The SMILES string of the molecule is C.C.CCOC(=O)c1cn[nH]c1.CCOC(=O)c1cnn(CC(=O)[C@H]2CC[C@H]3[C@@H]4CC[C@H]5C[C@](C)(O)CC[C@]5(C)[C@H]4CC[C@]23C)c1.CNC(=O)c1cnn(CC(=O)[C@H]2CC[C@H]3[C@@H]4CC[C@H]5C[C@](C)(O)CC[C@]5(C)[C@H]4CC[C@]23C)c1.C[C@@]1(O)CC[C@@]2(C)[C@@H](CC[C@@H]3[C@@H]2CC[C@]2(C)[C@@H](C(=O)CBr)CC[C@@H]32)C1.C[C@@]1(O)CC[C@@]2(C)[C@@H](CC[C@@H]3[C@@H]2CC[C@]2(C)[C@@H](C(=O)Cn4cc(C(=O)O)cn4)CC[C@@H]32)C1. The number of esters is 2. The van der Waals surface area contributed by atoms with Crippen LogP contribution in [-0.4, -0.2) is 160 Å². The number of carboxylic acids is 1. The molecule has 136 heavy (non-hydrogen) atoms. The molecule has 0 saturated heterocycles. The highest BCUT2D eigenvalue weighted by Crippen LogP contribution is 2.74. The Hall–Kier alpha value is -6.28. The summed E-state index contributed by atoms with van der Waals surface area (Å²) in [5.41, 5.74) is 1.44. The molecule has 0 radical (unpaired) electrons. The lowest BCUT2D eigenvalue weighted by Crippen LogP contribution is -2.55. The number of fused-ring (bicyclic) bond motifs is 20. The molecular weight excluding hydrogens is 1780 g/mol. The number of ketones is 4. The fourth-order valence-corrected chi connectivity index (χ4v) is 35.8. The van der Waals surface area contributed by atoms with Gasteiger partial charge < -0.3 is 40.3 Å². The Bertz CT molecular complexity index is 4920. The number of aliphatic hydroxyl groups is 4. The molecule has 0 aromatic carbocycles. The van der Waals surface area contributed by atoms with Gasteiger partial charge in [0.15, 0.2) is 17.3 Å². The number of amides is 1. The van der Waals surface area contributed by atoms with Crippen molar-refractivity contribution in [3.05, 3.63) is 71.8 Å². The van der Waals surface area contributed by atoms with Crippen LogP contribution in [0, 0.1) is 162 Å². The molecule has 16 fully saturated rings. The van der Waals surface area contributed by atoms with Gasteiger partial charge in [-0.25, -0.2) is 14.4 Å². The van der Waals surface area contributed by atoms with Crippen molar-refractivity contribution in [2.75, 3.05) is 25.6 Å². The van der Waals surface area contributed by atoms with E-state index in [1.165, 1.54) is 138 Å². The summed E-state index contributed by atoms with van der Waals surface area (Å²) in [6, 6.07) is 0. The zero-order valence-electron chi connectivity index (χ0n) is 83.7. The summed E-state index contributed by atoms with van der Waals surface area (Å²) in [7, 11) is 1.60. The lowest BCUT2D eigenvalue weighted by molar-refractivity contribution is -0.151. The third-order valence-corrected chi connectivity index (χ3v) is 43.2. The molecule has 0 aliphatic heterocycles. The first-order chi connectivity index (χ1) is 63.2. The number of aromatic carboxylic acids is 1. The molecule has 16 aliphatic rings. The molecular formula is C111H172BrN9O15. The van der Waals surface area contributed by atoms with Crippen LogP contribution in [0.3, 0.4) is 0 Å². The number of alkyl halides is 1. The van der Waals surface area contributed by atoms with E-state index in [9.17, 15) is 58.8 Å². The van der Waals surface area contributed by atoms with Crippen LogP contribution < -0.4 is 5.32 Å². The summed E-state index contributed by atoms with van der Waals surface area (Å²) in [5, 5.41) is 73.7. The molecule has 758 valence electrons. The molecule has 32 atom stereocenters. The molecule has 1 amide bonds. The van der Waals surface area contributed by atoms with E-state index in [2.05, 4.69) is 107 Å². The van der Waals surface area contributed by atoms with Crippen LogP contribution in [0.1, 0.15) is 384 Å². The number of rotatable bonds is 17. The van der Waals surface area contributed by atoms with E-state index in [-0.39, 0.29) is 121 Å². The van der Waals surface area contributed by atoms with Crippen molar-refractivity contribution in [3.63, 3.8) is 0 Å². The van der Waals surface area contributed by atoms with Crippen LogP contribution >= 0.6 is 15.9 Å². The number of hydrogen-bond donors (Lipinski definition) is 7. The molecule has 0 spiro atoms. The number of carbonyl (C=O) groups excluding carboxylic acids is 7. The Balaban J connectivity index is 0.000000140. The van der Waals surface area contributed by atoms with Gasteiger partial charge in [-0.3, -0.25) is 43.1 Å². The van der Waals surface area contributed by atoms with Crippen molar-refractivity contribution < 1.29 is 73.4 Å². The fraction of sp³-hybridized carbons (Fsp3) is 0.820. The number of halogens is 1. The molecule has 4 heterocycles. The summed E-state index contributed by atoms with van der Waals surface area (Å²) >= 11 is 3.43. The Kier molecular flexibility index (Phi) is 31.1. The third-order valence-electron chi connectivity index (χ3n) is 42.6. The Morgan fingerprint density at radius 2 is 0.647 bits per heavy atom. The van der Waals surface area contributed by atoms with Crippen LogP contribution in [-0.2, 0) is 48.3 Å². The summed E-state index contributed by atoms with van der Waals surface area (Å²) < 4.78 is 14.5. The Morgan fingerprint density at radius 3 is 0.926 bits per heavy atom. The van der Waals surface area contributed by atoms with E-state index in [1.807, 2.05) is 27.7 Å². The molecule has 25 heteroatoms. The lowest BCUT2D eigenvalue weighted by atomic mass is 9.44. The van der Waals surface area contributed by atoms with Crippen LogP contribution in [0.25, 0.3) is 0 Å². The monoisotopic (exact) mass is 1950 g/mol. The van der Waals surface area contributed by atoms with Crippen LogP contribution in [0.15, 0.2) is 49.6 Å². The molecule has 20 rings (SSSR count). The van der Waals surface area contributed by atoms with Crippen molar-refractivity contribution in [1.29, 1.82) is 0 Å². The maximum Gasteiger partial charge on any atom is 0.341 e. The van der Waals surface area contributed by atoms with E-state index < -0.39 is 28.4 Å². The van der Waals surface area contributed by atoms with Crippen molar-refractivity contribution >= 4 is 62.9 Å². The van der Waals surface area contributed by atoms with Crippen LogP contribution in [0.2, 0.25) is 0 Å². The standard InChI is InChI=1S/C28H42N2O4.C27H41N3O3.C26H38N2O4.C22H35BrO2.C6H8N2O2.2CH4/c1-5-34-25(32)18-15-29-30(16-18)17-24(31)23-9-8-21-20-7-6-19-14-26(2,33)12-13-27(19,3)22(20)10-11-28(21,23)4;1-25(33)11-12-26(2)18(13-25)5-6-19-20-7-8-22(27(20,3)10-9-21(19)26)23(31)16-30-15-17(14-29-30)24(32)28-4;1-24(32)10-11-25(2)17(12-24)4-5-18-19-6-7-21(26(19,3)9-8-20(18)25)22(29)15-28-14-16(13-27-28)23(30)31;1-20(25)10-11-21(2)14(12-20)4-5-15-16-6-7-18(19(24)13-23)22(16,3)9-8-17(15)21;1-2-10-6(9)5-3-7-8-4-5;;/h15-16,19-23,33H,5-14,17H2,1-4H3;14-15,18-22,33H,5-13,16H2,1-4H3,(H,28,32);13-14,17-21,32H,4-12,15H2,1-3H3,(H,30,31);14-18,25H,4-13H2,1-3H3;3-4H,2H2,1H3,(H,7,8);2*1H4/t19-,20-,21-,22-,23+,26+,27-,28-;18-,19-,20-,21-,22+,25+,26-,27-;17-,18-,19-,20-,21+,24+,25-,26-;14-,15-,16-,17-,18+,20+,21-,22-;;;/m0000.../s1. The van der Waals surface area contributed by atoms with Gasteiger partial charge in [-0.15, -0.1) is 0 Å². The second kappa shape index (κ2) is 40.1. The summed E-state index contributed by atoms with van der Waals surface area (Å²) in [5.74, 6) is 10.9. The van der Waals surface area contributed by atoms with Crippen LogP contribution in [0.5, 0.6) is 0 Å². The molecule has 24 nitrogen and oxygen atoms in total. The predicted molar refractivity (Wildman–Crippen MR) is 528 cm³/mol. The van der Waals surface area contributed by atoms with Crippen molar-refractivity contribution in [2.24, 2.45) is 162 Å². The molecule has 0 bridgehead atoms. The molecule has 0 unspecified atom stereocenters. The third kappa shape index (κ3) is 19.8. The number of aromatic nitrogens is 8. The first-order valence-electron chi connectivity index (χ1n) is 52.7. The minimum absolute atomic E-state index is 0. The number of aromatic amines is 1. The van der Waals surface area contributed by atoms with Gasteiger partial charge in [-0.05, 0) is 411 Å². The van der Waals surface area contributed by atoms with Gasteiger partial charge in [0.25, 0.3) is 5.91 Å². The van der Waals surface area contributed by atoms with E-state index in [4.69, 9.17) is 9.84 Å². The quantitative estimate of drug-likeness (QED) is 0.0381. The first-order valence-corrected chi connectivity index (χ1v) is 53.8. The second-order valence-corrected chi connectivity index (χ2v) is 50.3. The average Bonchev–Trinajstić information content (AvgIpc) is 1.48. The van der Waals surface area contributed by atoms with E-state index >= 15 is 0 Å². The summed E-state index contributed by atoms with van der Waals surface area (Å²) in [4.78, 5) is 98.6. The molecule has 4 aromatic heterocycles. The minimum atomic E-state index is -1.01. The number of hydrogen-bond acceptors (Lipinski definition) is 18. The number of ether oxygens (including phenoxy) is 2. The highest BCUT2D eigenvalue weighted by molar-refractivity contribution is 9.09. The highest BCUT2D eigenvalue weighted by Gasteiger charge is 2.68. The van der Waals surface area contributed by atoms with Crippen molar-refractivity contribution in [2.45, 2.75) is 385 Å². The zero-order chi connectivity index (χ0) is 96.2. The molecule has 4 aromatic rings. The first kappa shape index (κ1) is 106. The van der Waals surface area contributed by atoms with Gasteiger partial charge >= 0.3 is 17.9 Å². The smallest absolute Gasteiger partial charge is 0.341 e. The molecule has 16 aliphatic carbocycles. The largest absolute Gasteiger partial charge is 0.478 e. The van der Waals surface area contributed by atoms with E-state index in [1.54, 1.807) is 42.7 Å². The average molecular weight is 1950 g/mol. The summed E-state index contributed by atoms with van der Waals surface area (Å²) in [6.07, 6.45) is 52.6. The fourth-order valence-electron chi connectivity index (χ4n) is 35.4. The number of carboxylic acid groups (broad SMARTS) is 1. The predicted octanol–water partition coefficient (Wildman–Crippen LogP) is 21.0. The Labute approximate surface area is 820 Å². The van der Waals surface area contributed by atoms with Gasteiger partial charge in [0.2, 0.25) is 0 Å².